The van der Waals surface area contributed by atoms with Gasteiger partial charge in [-0.3, -0.25) is 4.79 Å². The largest absolute Gasteiger partial charge is 0.354 e. The first kappa shape index (κ1) is 15.4. The smallest absolute Gasteiger partial charge is 0.227 e. The molecule has 0 spiro atoms. The van der Waals surface area contributed by atoms with Gasteiger partial charge in [-0.15, -0.1) is 5.10 Å². The van der Waals surface area contributed by atoms with Crippen LogP contribution in [0.3, 0.4) is 0 Å². The number of carbonyl (C=O) groups is 1. The molecule has 1 unspecified atom stereocenters. The number of amides is 1. The van der Waals surface area contributed by atoms with Gasteiger partial charge in [-0.1, -0.05) is 24.3 Å². The Morgan fingerprint density at radius 2 is 1.96 bits per heavy atom. The lowest BCUT2D eigenvalue weighted by atomic mass is 9.98. The van der Waals surface area contributed by atoms with Crippen LogP contribution in [0.2, 0.25) is 0 Å². The Labute approximate surface area is 152 Å². The van der Waals surface area contributed by atoms with Gasteiger partial charge in [0.15, 0.2) is 5.65 Å². The molecule has 1 fully saturated rings. The highest BCUT2D eigenvalue weighted by Crippen LogP contribution is 2.26. The van der Waals surface area contributed by atoms with Crippen LogP contribution in [-0.2, 0) is 17.8 Å². The minimum atomic E-state index is 0.0561. The summed E-state index contributed by atoms with van der Waals surface area (Å²) in [5.41, 5.74) is 3.50. The summed E-state index contributed by atoms with van der Waals surface area (Å²) in [5.74, 6) is 1.25. The van der Waals surface area contributed by atoms with Crippen LogP contribution in [0.15, 0.2) is 48.8 Å². The molecule has 0 aliphatic carbocycles. The monoisotopic (exact) mass is 347 g/mol. The molecular weight excluding hydrogens is 326 g/mol. The Morgan fingerprint density at radius 1 is 1.08 bits per heavy atom. The van der Waals surface area contributed by atoms with Crippen molar-refractivity contribution in [1.82, 2.24) is 19.5 Å². The van der Waals surface area contributed by atoms with E-state index in [0.717, 1.165) is 50.5 Å². The molecule has 0 N–H and O–H groups in total. The highest BCUT2D eigenvalue weighted by atomic mass is 16.2. The topological polar surface area (TPSA) is 53.7 Å². The van der Waals surface area contributed by atoms with Gasteiger partial charge in [-0.2, -0.15) is 0 Å². The summed E-state index contributed by atoms with van der Waals surface area (Å²) < 4.78 is 1.78. The molecule has 2 aliphatic rings. The number of rotatable bonds is 2. The van der Waals surface area contributed by atoms with Crippen molar-refractivity contribution in [2.45, 2.75) is 19.4 Å². The molecule has 2 aromatic heterocycles. The van der Waals surface area contributed by atoms with Crippen molar-refractivity contribution < 1.29 is 4.79 Å². The van der Waals surface area contributed by atoms with Crippen molar-refractivity contribution in [3.05, 3.63) is 59.9 Å². The second kappa shape index (κ2) is 6.12. The third-order valence-corrected chi connectivity index (χ3v) is 5.54. The zero-order chi connectivity index (χ0) is 17.5. The average Bonchev–Trinajstić information content (AvgIpc) is 3.35. The Bertz CT molecular complexity index is 965. The Kier molecular flexibility index (Phi) is 3.62. The number of hydrogen-bond acceptors (Lipinski definition) is 4. The molecule has 1 amide bonds. The van der Waals surface area contributed by atoms with Crippen LogP contribution >= 0.6 is 0 Å². The lowest BCUT2D eigenvalue weighted by molar-refractivity contribution is -0.135. The number of benzene rings is 1. The Hall–Kier alpha value is -2.89. The first-order valence-corrected chi connectivity index (χ1v) is 9.19. The van der Waals surface area contributed by atoms with Crippen molar-refractivity contribution in [3.63, 3.8) is 0 Å². The number of anilines is 1. The number of carbonyl (C=O) groups excluding carboxylic acids is 1. The molecule has 1 atom stereocenters. The van der Waals surface area contributed by atoms with Gasteiger partial charge in [0.05, 0.1) is 5.92 Å². The molecular formula is C20H21N5O. The second-order valence-corrected chi connectivity index (χ2v) is 7.13. The normalized spacial score (nSPS) is 19.8. The molecule has 26 heavy (non-hydrogen) atoms. The zero-order valence-corrected chi connectivity index (χ0v) is 14.6. The summed E-state index contributed by atoms with van der Waals surface area (Å²) in [5, 5.41) is 4.61. The van der Waals surface area contributed by atoms with Crippen molar-refractivity contribution in [3.8, 4) is 0 Å². The molecule has 6 nitrogen and oxygen atoms in total. The van der Waals surface area contributed by atoms with E-state index in [9.17, 15) is 4.79 Å². The first-order valence-electron chi connectivity index (χ1n) is 9.19. The van der Waals surface area contributed by atoms with E-state index in [4.69, 9.17) is 0 Å². The van der Waals surface area contributed by atoms with Crippen LogP contribution in [0.5, 0.6) is 0 Å². The molecule has 4 heterocycles. The molecule has 1 saturated heterocycles. The Balaban J connectivity index is 1.29. The van der Waals surface area contributed by atoms with Gasteiger partial charge < -0.3 is 9.80 Å². The van der Waals surface area contributed by atoms with E-state index in [1.165, 1.54) is 11.1 Å². The molecule has 6 heteroatoms. The van der Waals surface area contributed by atoms with Crippen LogP contribution in [0.1, 0.15) is 17.5 Å². The summed E-state index contributed by atoms with van der Waals surface area (Å²) in [7, 11) is 0. The van der Waals surface area contributed by atoms with E-state index >= 15 is 0 Å². The summed E-state index contributed by atoms with van der Waals surface area (Å²) in [6.07, 6.45) is 5.44. The van der Waals surface area contributed by atoms with Crippen LogP contribution in [0.25, 0.3) is 5.65 Å². The van der Waals surface area contributed by atoms with Crippen LogP contribution < -0.4 is 4.90 Å². The maximum absolute atomic E-state index is 13.0. The lowest BCUT2D eigenvalue weighted by Gasteiger charge is -2.31. The van der Waals surface area contributed by atoms with Crippen LogP contribution in [0.4, 0.5) is 5.82 Å². The van der Waals surface area contributed by atoms with E-state index in [1.807, 2.05) is 23.2 Å². The van der Waals surface area contributed by atoms with Gasteiger partial charge in [-0.05, 0) is 36.1 Å². The van der Waals surface area contributed by atoms with Gasteiger partial charge >= 0.3 is 0 Å². The van der Waals surface area contributed by atoms with Gasteiger partial charge in [0, 0.05) is 38.6 Å². The molecule has 0 radical (unpaired) electrons. The molecule has 132 valence electrons. The maximum Gasteiger partial charge on any atom is 0.227 e. The fraction of sp³-hybridized carbons (Fsp3) is 0.350. The van der Waals surface area contributed by atoms with Gasteiger partial charge in [-0.25, -0.2) is 9.50 Å². The SMILES string of the molecule is O=C(C1CCN(c2ccc3nccn3n2)C1)N1CCc2ccccc2C1. The van der Waals surface area contributed by atoms with Crippen LogP contribution in [0, 0.1) is 5.92 Å². The molecule has 0 saturated carbocycles. The number of fused-ring (bicyclic) bond motifs is 2. The van der Waals surface area contributed by atoms with E-state index in [0.29, 0.717) is 0 Å². The van der Waals surface area contributed by atoms with Gasteiger partial charge in [0.25, 0.3) is 0 Å². The number of nitrogens with zero attached hydrogens (tertiary/aromatic N) is 5. The molecule has 3 aromatic rings. The van der Waals surface area contributed by atoms with E-state index < -0.39 is 0 Å². The molecule has 0 bridgehead atoms. The fourth-order valence-corrected chi connectivity index (χ4v) is 4.09. The van der Waals surface area contributed by atoms with Gasteiger partial charge in [0.1, 0.15) is 5.82 Å². The number of imidazole rings is 1. The maximum atomic E-state index is 13.0. The standard InChI is InChI=1S/C20H21N5O/c26-20(24-11-7-15-3-1-2-4-16(15)13-24)17-8-10-23(14-17)19-6-5-18-21-9-12-25(18)22-19/h1-6,9,12,17H,7-8,10-11,13-14H2. The third kappa shape index (κ3) is 2.62. The van der Waals surface area contributed by atoms with E-state index in [1.54, 1.807) is 10.7 Å². The summed E-state index contributed by atoms with van der Waals surface area (Å²) >= 11 is 0. The summed E-state index contributed by atoms with van der Waals surface area (Å²) in [4.78, 5) is 21.5. The van der Waals surface area contributed by atoms with Gasteiger partial charge in [0.2, 0.25) is 5.91 Å². The second-order valence-electron chi connectivity index (χ2n) is 7.13. The number of aromatic nitrogens is 3. The predicted molar refractivity (Wildman–Crippen MR) is 98.9 cm³/mol. The highest BCUT2D eigenvalue weighted by Gasteiger charge is 2.33. The fourth-order valence-electron chi connectivity index (χ4n) is 4.09. The molecule has 5 rings (SSSR count). The van der Waals surface area contributed by atoms with Crippen molar-refractivity contribution in [2.75, 3.05) is 24.5 Å². The lowest BCUT2D eigenvalue weighted by Crippen LogP contribution is -2.40. The molecule has 2 aliphatic heterocycles. The van der Waals surface area contributed by atoms with E-state index in [-0.39, 0.29) is 11.8 Å². The van der Waals surface area contributed by atoms with Crippen molar-refractivity contribution in [1.29, 1.82) is 0 Å². The quantitative estimate of drug-likeness (QED) is 0.713. The van der Waals surface area contributed by atoms with Crippen LogP contribution in [-0.4, -0.2) is 45.0 Å². The molecule has 1 aromatic carbocycles. The van der Waals surface area contributed by atoms with Crippen molar-refractivity contribution in [2.24, 2.45) is 5.92 Å². The highest BCUT2D eigenvalue weighted by molar-refractivity contribution is 5.80. The summed E-state index contributed by atoms with van der Waals surface area (Å²) in [6, 6.07) is 12.4. The Morgan fingerprint density at radius 3 is 2.88 bits per heavy atom. The average molecular weight is 347 g/mol. The third-order valence-electron chi connectivity index (χ3n) is 5.54. The number of hydrogen-bond donors (Lipinski definition) is 0. The van der Waals surface area contributed by atoms with Crippen molar-refractivity contribution >= 4 is 17.4 Å². The minimum absolute atomic E-state index is 0.0561. The van der Waals surface area contributed by atoms with E-state index in [2.05, 4.69) is 39.2 Å². The minimum Gasteiger partial charge on any atom is -0.354 e. The zero-order valence-electron chi connectivity index (χ0n) is 14.6. The summed E-state index contributed by atoms with van der Waals surface area (Å²) in [6.45, 7) is 3.18. The first-order chi connectivity index (χ1) is 12.8. The predicted octanol–water partition coefficient (Wildman–Crippen LogP) is 2.14.